The number of nitrogens with zero attached hydrogens (tertiary/aromatic N) is 4. The zero-order chi connectivity index (χ0) is 17.3. The zero-order valence-electron chi connectivity index (χ0n) is 12.9. The van der Waals surface area contributed by atoms with Gasteiger partial charge < -0.3 is 15.0 Å². The molecule has 2 atom stereocenters. The van der Waals surface area contributed by atoms with E-state index < -0.39 is 22.2 Å². The molecule has 3 rings (SSSR count). The van der Waals surface area contributed by atoms with Gasteiger partial charge >= 0.3 is 6.09 Å². The van der Waals surface area contributed by atoms with E-state index >= 15 is 0 Å². The minimum atomic E-state index is -3.79. The molecular formula is C14H17N5O4S. The highest BCUT2D eigenvalue weighted by Crippen LogP contribution is 2.30. The third-order valence-electron chi connectivity index (χ3n) is 3.95. The van der Waals surface area contributed by atoms with Crippen LogP contribution in [0.2, 0.25) is 0 Å². The van der Waals surface area contributed by atoms with Gasteiger partial charge in [-0.25, -0.2) is 18.2 Å². The van der Waals surface area contributed by atoms with Gasteiger partial charge in [-0.1, -0.05) is 6.07 Å². The van der Waals surface area contributed by atoms with E-state index in [4.69, 9.17) is 5.11 Å². The average Bonchev–Trinajstić information content (AvgIpc) is 3.15. The van der Waals surface area contributed by atoms with Crippen LogP contribution in [-0.2, 0) is 17.1 Å². The molecule has 0 bridgehead atoms. The molecule has 1 aliphatic heterocycles. The second kappa shape index (κ2) is 6.21. The summed E-state index contributed by atoms with van der Waals surface area (Å²) < 4.78 is 28.2. The minimum Gasteiger partial charge on any atom is -0.465 e. The molecule has 2 aromatic heterocycles. The Bertz CT molecular complexity index is 836. The van der Waals surface area contributed by atoms with Crippen molar-refractivity contribution in [3.05, 3.63) is 42.6 Å². The summed E-state index contributed by atoms with van der Waals surface area (Å²) >= 11 is 0. The molecule has 0 aromatic carbocycles. The molecule has 0 unspecified atom stereocenters. The number of amides is 1. The van der Waals surface area contributed by atoms with E-state index in [1.807, 2.05) is 0 Å². The summed E-state index contributed by atoms with van der Waals surface area (Å²) in [7, 11) is -2.10. The van der Waals surface area contributed by atoms with E-state index in [2.05, 4.69) is 15.3 Å². The summed E-state index contributed by atoms with van der Waals surface area (Å²) in [6.07, 6.45) is 3.23. The predicted octanol–water partition coefficient (Wildman–Crippen LogP) is 0.239. The highest BCUT2D eigenvalue weighted by atomic mass is 32.2. The van der Waals surface area contributed by atoms with Gasteiger partial charge in [0.15, 0.2) is 5.03 Å². The molecule has 1 saturated heterocycles. The Morgan fingerprint density at radius 2 is 2.12 bits per heavy atom. The largest absolute Gasteiger partial charge is 0.465 e. The fraction of sp³-hybridized carbons (Fsp3) is 0.357. The van der Waals surface area contributed by atoms with Crippen LogP contribution in [0.1, 0.15) is 11.6 Å². The van der Waals surface area contributed by atoms with Crippen molar-refractivity contribution >= 4 is 16.1 Å². The molecule has 0 saturated carbocycles. The molecule has 0 aliphatic carbocycles. The van der Waals surface area contributed by atoms with Gasteiger partial charge in [0.1, 0.15) is 0 Å². The topological polar surface area (TPSA) is 117 Å². The summed E-state index contributed by atoms with van der Waals surface area (Å²) in [4.78, 5) is 19.2. The molecule has 0 radical (unpaired) electrons. The van der Waals surface area contributed by atoms with E-state index in [9.17, 15) is 13.2 Å². The number of pyridine rings is 1. The Morgan fingerprint density at radius 1 is 1.33 bits per heavy atom. The number of carbonyl (C=O) groups is 1. The summed E-state index contributed by atoms with van der Waals surface area (Å²) in [5.74, 6) is -0.360. The summed E-state index contributed by atoms with van der Waals surface area (Å²) in [5, 5.41) is 11.4. The Hall–Kier alpha value is -2.46. The number of hydrogen-bond donors (Lipinski definition) is 2. The number of aromatic nitrogens is 3. The predicted molar refractivity (Wildman–Crippen MR) is 83.9 cm³/mol. The highest BCUT2D eigenvalue weighted by Gasteiger charge is 2.42. The third kappa shape index (κ3) is 3.10. The molecule has 3 heterocycles. The van der Waals surface area contributed by atoms with E-state index in [0.29, 0.717) is 5.69 Å². The highest BCUT2D eigenvalue weighted by molar-refractivity contribution is 7.89. The number of carboxylic acid groups (broad SMARTS) is 1. The van der Waals surface area contributed by atoms with Crippen LogP contribution in [0.5, 0.6) is 0 Å². The van der Waals surface area contributed by atoms with E-state index in [1.54, 1.807) is 36.0 Å². The number of sulfonamides is 1. The van der Waals surface area contributed by atoms with Crippen molar-refractivity contribution in [3.63, 3.8) is 0 Å². The van der Waals surface area contributed by atoms with Crippen molar-refractivity contribution in [2.24, 2.45) is 7.05 Å². The quantitative estimate of drug-likeness (QED) is 0.815. The Balaban J connectivity index is 1.90. The minimum absolute atomic E-state index is 0.0342. The second-order valence-corrected chi connectivity index (χ2v) is 7.50. The van der Waals surface area contributed by atoms with Crippen LogP contribution in [0.25, 0.3) is 0 Å². The average molecular weight is 351 g/mol. The lowest BCUT2D eigenvalue weighted by molar-refractivity contribution is 0.189. The number of rotatable bonds is 4. The van der Waals surface area contributed by atoms with Gasteiger partial charge in [-0.15, -0.1) is 0 Å². The zero-order valence-corrected chi connectivity index (χ0v) is 13.7. The molecule has 128 valence electrons. The first-order valence-electron chi connectivity index (χ1n) is 7.26. The van der Waals surface area contributed by atoms with Crippen molar-refractivity contribution in [2.75, 3.05) is 13.1 Å². The smallest absolute Gasteiger partial charge is 0.404 e. The van der Waals surface area contributed by atoms with Crippen LogP contribution in [0.4, 0.5) is 4.79 Å². The number of imidazole rings is 1. The van der Waals surface area contributed by atoms with Gasteiger partial charge in [0.05, 0.1) is 12.4 Å². The van der Waals surface area contributed by atoms with Crippen molar-refractivity contribution in [1.29, 1.82) is 0 Å². The lowest BCUT2D eigenvalue weighted by Gasteiger charge is -2.17. The number of hydrogen-bond acceptors (Lipinski definition) is 5. The molecule has 0 spiro atoms. The third-order valence-corrected chi connectivity index (χ3v) is 5.67. The van der Waals surface area contributed by atoms with Crippen molar-refractivity contribution in [3.8, 4) is 0 Å². The maximum atomic E-state index is 12.7. The maximum Gasteiger partial charge on any atom is 0.404 e. The fourth-order valence-corrected chi connectivity index (χ4v) is 4.28. The molecule has 1 fully saturated rings. The molecule has 2 N–H and O–H groups in total. The van der Waals surface area contributed by atoms with Crippen LogP contribution in [0.15, 0.2) is 41.9 Å². The number of aryl methyl sites for hydroxylation is 1. The monoisotopic (exact) mass is 351 g/mol. The summed E-state index contributed by atoms with van der Waals surface area (Å²) in [6.45, 7) is 0.174. The van der Waals surface area contributed by atoms with E-state index in [-0.39, 0.29) is 24.0 Å². The normalized spacial score (nSPS) is 21.7. The van der Waals surface area contributed by atoms with Crippen LogP contribution < -0.4 is 5.32 Å². The van der Waals surface area contributed by atoms with Gasteiger partial charge in [0.2, 0.25) is 0 Å². The van der Waals surface area contributed by atoms with Gasteiger partial charge in [-0.2, -0.15) is 4.31 Å². The van der Waals surface area contributed by atoms with Crippen molar-refractivity contribution in [2.45, 2.75) is 17.0 Å². The molecule has 10 heteroatoms. The van der Waals surface area contributed by atoms with E-state index in [0.717, 1.165) is 0 Å². The van der Waals surface area contributed by atoms with E-state index in [1.165, 1.54) is 16.8 Å². The molecule has 2 aromatic rings. The molecule has 24 heavy (non-hydrogen) atoms. The van der Waals surface area contributed by atoms with Crippen LogP contribution in [0, 0.1) is 0 Å². The molecule has 9 nitrogen and oxygen atoms in total. The lowest BCUT2D eigenvalue weighted by Crippen LogP contribution is -2.39. The van der Waals surface area contributed by atoms with Gasteiger partial charge in [-0.3, -0.25) is 4.98 Å². The Morgan fingerprint density at radius 3 is 2.71 bits per heavy atom. The number of nitrogens with one attached hydrogen (secondary N) is 1. The first-order chi connectivity index (χ1) is 11.4. The van der Waals surface area contributed by atoms with Crippen LogP contribution >= 0.6 is 0 Å². The van der Waals surface area contributed by atoms with Crippen LogP contribution in [-0.4, -0.2) is 57.6 Å². The lowest BCUT2D eigenvalue weighted by atomic mass is 9.99. The summed E-state index contributed by atoms with van der Waals surface area (Å²) in [6, 6.07) is 4.73. The maximum absolute atomic E-state index is 12.7. The molecule has 1 amide bonds. The van der Waals surface area contributed by atoms with Gasteiger partial charge in [-0.05, 0) is 12.1 Å². The first-order valence-corrected chi connectivity index (χ1v) is 8.70. The first kappa shape index (κ1) is 16.4. The van der Waals surface area contributed by atoms with Crippen molar-refractivity contribution < 1.29 is 18.3 Å². The molecule has 1 aliphatic rings. The molecular weight excluding hydrogens is 334 g/mol. The van der Waals surface area contributed by atoms with Crippen molar-refractivity contribution in [1.82, 2.24) is 24.2 Å². The second-order valence-electron chi connectivity index (χ2n) is 5.62. The van der Waals surface area contributed by atoms with Gasteiger partial charge in [0, 0.05) is 44.1 Å². The van der Waals surface area contributed by atoms with Gasteiger partial charge in [0.25, 0.3) is 10.0 Å². The Kier molecular flexibility index (Phi) is 4.24. The SMILES string of the molecule is Cn1cnc(S(=O)(=O)N2C[C@@H](NC(=O)O)[C@H](c3ccccn3)C2)c1. The standard InChI is InChI=1S/C14H17N5O4S/c1-18-8-13(16-9-18)24(22,23)19-6-10(11-4-2-3-5-15-11)12(7-19)17-14(20)21/h2-5,8-10,12,17H,6-7H2,1H3,(H,20,21)/t10-,12+/m0/s1. The Labute approximate surface area is 139 Å². The fourth-order valence-electron chi connectivity index (χ4n) is 2.82. The van der Waals surface area contributed by atoms with Crippen LogP contribution in [0.3, 0.4) is 0 Å². The summed E-state index contributed by atoms with van der Waals surface area (Å²) in [5.41, 5.74) is 0.648.